The molecule has 5 heteroatoms. The van der Waals surface area contributed by atoms with Crippen LogP contribution in [0, 0.1) is 0 Å². The molecular weight excluding hydrogens is 312 g/mol. The first kappa shape index (κ1) is 15.9. The van der Waals surface area contributed by atoms with E-state index in [9.17, 15) is 8.42 Å². The molecule has 23 heavy (non-hydrogen) atoms. The van der Waals surface area contributed by atoms with Crippen LogP contribution in [0.2, 0.25) is 0 Å². The zero-order valence-corrected chi connectivity index (χ0v) is 13.6. The van der Waals surface area contributed by atoms with E-state index in [1.807, 2.05) is 48.5 Å². The van der Waals surface area contributed by atoms with Crippen LogP contribution in [-0.2, 0) is 19.0 Å². The van der Waals surface area contributed by atoms with E-state index in [2.05, 4.69) is 12.2 Å². The molecule has 3 rings (SSSR count). The Morgan fingerprint density at radius 3 is 1.91 bits per heavy atom. The fraction of sp³-hybridized carbons (Fsp3) is 0.222. The van der Waals surface area contributed by atoms with Gasteiger partial charge in [-0.15, -0.1) is 0 Å². The van der Waals surface area contributed by atoms with Gasteiger partial charge in [0.1, 0.15) is 6.10 Å². The Morgan fingerprint density at radius 2 is 1.39 bits per heavy atom. The summed E-state index contributed by atoms with van der Waals surface area (Å²) in [7, 11) is -3.45. The van der Waals surface area contributed by atoms with Crippen molar-refractivity contribution < 1.29 is 17.3 Å². The summed E-state index contributed by atoms with van der Waals surface area (Å²) in [4.78, 5) is 0. The van der Waals surface area contributed by atoms with Crippen LogP contribution in [-0.4, -0.2) is 27.9 Å². The van der Waals surface area contributed by atoms with E-state index in [4.69, 9.17) is 8.92 Å². The van der Waals surface area contributed by atoms with Gasteiger partial charge in [-0.2, -0.15) is 8.42 Å². The molecular formula is C18H18O4S. The van der Waals surface area contributed by atoms with Gasteiger partial charge in [-0.25, -0.2) is 0 Å². The molecule has 1 aliphatic carbocycles. The van der Waals surface area contributed by atoms with Crippen molar-refractivity contribution in [2.45, 2.75) is 6.10 Å². The second kappa shape index (κ2) is 6.66. The lowest BCUT2D eigenvalue weighted by Gasteiger charge is -2.21. The summed E-state index contributed by atoms with van der Waals surface area (Å²) in [6.45, 7) is 0.202. The SMILES string of the molecule is CS(=O)(=O)OCCOC1c2ccccc2C=Cc2ccccc21. The van der Waals surface area contributed by atoms with Crippen molar-refractivity contribution in [3.8, 4) is 0 Å². The number of ether oxygens (including phenoxy) is 1. The first-order valence-corrected chi connectivity index (χ1v) is 9.18. The van der Waals surface area contributed by atoms with Gasteiger partial charge >= 0.3 is 0 Å². The van der Waals surface area contributed by atoms with E-state index < -0.39 is 10.1 Å². The maximum atomic E-state index is 11.0. The molecule has 4 nitrogen and oxygen atoms in total. The van der Waals surface area contributed by atoms with Crippen molar-refractivity contribution >= 4 is 22.3 Å². The van der Waals surface area contributed by atoms with Crippen LogP contribution in [0.3, 0.4) is 0 Å². The average Bonchev–Trinajstić information content (AvgIpc) is 2.68. The second-order valence-electron chi connectivity index (χ2n) is 5.37. The summed E-state index contributed by atoms with van der Waals surface area (Å²) >= 11 is 0. The van der Waals surface area contributed by atoms with Crippen LogP contribution >= 0.6 is 0 Å². The second-order valence-corrected chi connectivity index (χ2v) is 7.01. The number of hydrogen-bond donors (Lipinski definition) is 0. The zero-order chi connectivity index (χ0) is 16.3. The average molecular weight is 330 g/mol. The molecule has 0 spiro atoms. The molecule has 2 aromatic rings. The van der Waals surface area contributed by atoms with Crippen LogP contribution in [0.15, 0.2) is 48.5 Å². The van der Waals surface area contributed by atoms with E-state index in [-0.39, 0.29) is 19.3 Å². The van der Waals surface area contributed by atoms with Crippen molar-refractivity contribution in [1.82, 2.24) is 0 Å². The van der Waals surface area contributed by atoms with E-state index >= 15 is 0 Å². The van der Waals surface area contributed by atoms with Gasteiger partial charge in [-0.1, -0.05) is 60.7 Å². The number of hydrogen-bond acceptors (Lipinski definition) is 4. The predicted molar refractivity (Wildman–Crippen MR) is 90.4 cm³/mol. The van der Waals surface area contributed by atoms with E-state index in [1.165, 1.54) is 0 Å². The molecule has 0 N–H and O–H groups in total. The Kier molecular flexibility index (Phi) is 4.61. The Labute approximate surface area is 136 Å². The minimum absolute atomic E-state index is 0.00704. The highest BCUT2D eigenvalue weighted by Gasteiger charge is 2.21. The molecule has 1 aliphatic rings. The van der Waals surface area contributed by atoms with Crippen molar-refractivity contribution in [3.05, 3.63) is 70.8 Å². The van der Waals surface area contributed by atoms with Gasteiger partial charge in [0.15, 0.2) is 0 Å². The number of benzene rings is 2. The first-order chi connectivity index (χ1) is 11.0. The van der Waals surface area contributed by atoms with Crippen LogP contribution in [0.25, 0.3) is 12.2 Å². The van der Waals surface area contributed by atoms with Crippen LogP contribution in [0.5, 0.6) is 0 Å². The van der Waals surface area contributed by atoms with Gasteiger partial charge < -0.3 is 4.74 Å². The Bertz CT molecular complexity index is 775. The predicted octanol–water partition coefficient (Wildman–Crippen LogP) is 3.25. The van der Waals surface area contributed by atoms with Gasteiger partial charge in [0.05, 0.1) is 19.5 Å². The summed E-state index contributed by atoms with van der Waals surface area (Å²) in [5, 5.41) is 0. The van der Waals surface area contributed by atoms with Gasteiger partial charge in [0.25, 0.3) is 10.1 Å². The summed E-state index contributed by atoms with van der Waals surface area (Å²) < 4.78 is 32.8. The number of rotatable bonds is 5. The molecule has 2 aromatic carbocycles. The Morgan fingerprint density at radius 1 is 0.870 bits per heavy atom. The fourth-order valence-corrected chi connectivity index (χ4v) is 3.05. The highest BCUT2D eigenvalue weighted by molar-refractivity contribution is 7.85. The first-order valence-electron chi connectivity index (χ1n) is 7.36. The third-order valence-electron chi connectivity index (χ3n) is 3.66. The summed E-state index contributed by atoms with van der Waals surface area (Å²) in [6.07, 6.45) is 4.93. The van der Waals surface area contributed by atoms with Gasteiger partial charge in [0.2, 0.25) is 0 Å². The van der Waals surface area contributed by atoms with E-state index in [0.29, 0.717) is 0 Å². The topological polar surface area (TPSA) is 52.6 Å². The molecule has 120 valence electrons. The van der Waals surface area contributed by atoms with Crippen LogP contribution < -0.4 is 0 Å². The molecule has 0 fully saturated rings. The van der Waals surface area contributed by atoms with Crippen LogP contribution in [0.4, 0.5) is 0 Å². The monoisotopic (exact) mass is 330 g/mol. The third kappa shape index (κ3) is 3.88. The molecule has 0 amide bonds. The largest absolute Gasteiger partial charge is 0.366 e. The fourth-order valence-electron chi connectivity index (χ4n) is 2.68. The van der Waals surface area contributed by atoms with Crippen molar-refractivity contribution in [3.63, 3.8) is 0 Å². The van der Waals surface area contributed by atoms with Crippen molar-refractivity contribution in [1.29, 1.82) is 0 Å². The third-order valence-corrected chi connectivity index (χ3v) is 4.26. The summed E-state index contributed by atoms with van der Waals surface area (Å²) in [5.41, 5.74) is 4.32. The minimum Gasteiger partial charge on any atom is -0.366 e. The summed E-state index contributed by atoms with van der Waals surface area (Å²) in [6, 6.07) is 16.1. The Hall–Kier alpha value is -1.95. The molecule has 0 aliphatic heterocycles. The minimum atomic E-state index is -3.45. The molecule has 0 radical (unpaired) electrons. The van der Waals surface area contributed by atoms with Gasteiger partial charge in [-0.05, 0) is 22.3 Å². The quantitative estimate of drug-likeness (QED) is 0.624. The molecule has 0 bridgehead atoms. The van der Waals surface area contributed by atoms with Gasteiger partial charge in [-0.3, -0.25) is 4.18 Å². The Balaban J connectivity index is 1.87. The standard InChI is InChI=1S/C18H18O4S/c1-23(19,20)22-13-12-21-18-16-8-4-2-6-14(16)10-11-15-7-3-5-9-17(15)18/h2-11,18H,12-13H2,1H3. The maximum absolute atomic E-state index is 11.0. The lowest BCUT2D eigenvalue weighted by Crippen LogP contribution is -2.14. The summed E-state index contributed by atoms with van der Waals surface area (Å²) in [5.74, 6) is 0. The zero-order valence-electron chi connectivity index (χ0n) is 12.8. The molecule has 0 saturated carbocycles. The molecule has 0 unspecified atom stereocenters. The smallest absolute Gasteiger partial charge is 0.264 e. The normalized spacial score (nSPS) is 14.1. The highest BCUT2D eigenvalue weighted by Crippen LogP contribution is 2.35. The van der Waals surface area contributed by atoms with Crippen LogP contribution in [0.1, 0.15) is 28.4 Å². The van der Waals surface area contributed by atoms with Crippen molar-refractivity contribution in [2.24, 2.45) is 0 Å². The number of fused-ring (bicyclic) bond motifs is 2. The van der Waals surface area contributed by atoms with Crippen molar-refractivity contribution in [2.75, 3.05) is 19.5 Å². The highest BCUT2D eigenvalue weighted by atomic mass is 32.2. The van der Waals surface area contributed by atoms with Gasteiger partial charge in [0, 0.05) is 0 Å². The molecule has 0 saturated heterocycles. The molecule has 0 aromatic heterocycles. The lowest BCUT2D eigenvalue weighted by molar-refractivity contribution is 0.0575. The maximum Gasteiger partial charge on any atom is 0.264 e. The lowest BCUT2D eigenvalue weighted by atomic mass is 9.96. The van der Waals surface area contributed by atoms with E-state index in [1.54, 1.807) is 0 Å². The molecule has 0 heterocycles. The van der Waals surface area contributed by atoms with E-state index in [0.717, 1.165) is 28.5 Å². The molecule has 0 atom stereocenters.